The molecule has 0 amide bonds. The lowest BCUT2D eigenvalue weighted by Crippen LogP contribution is -2.11. The minimum atomic E-state index is 0.150. The molecule has 0 radical (unpaired) electrons. The Bertz CT molecular complexity index is 409. The van der Waals surface area contributed by atoms with Gasteiger partial charge in [0.15, 0.2) is 0 Å². The molecule has 80 valence electrons. The Labute approximate surface area is 98.6 Å². The van der Waals surface area contributed by atoms with Crippen molar-refractivity contribution in [2.24, 2.45) is 5.73 Å². The Hall–Kier alpha value is -0.640. The van der Waals surface area contributed by atoms with Crippen molar-refractivity contribution >= 4 is 22.7 Å². The second kappa shape index (κ2) is 4.47. The molecule has 0 spiro atoms. The Morgan fingerprint density at radius 3 is 2.73 bits per heavy atom. The maximum atomic E-state index is 6.18. The smallest absolute Gasteiger partial charge is 0.0431 e. The number of aryl methyl sites for hydroxylation is 2. The summed E-state index contributed by atoms with van der Waals surface area (Å²) in [5, 5.41) is 4.28. The third kappa shape index (κ3) is 2.48. The number of nitrogens with two attached hydrogens (primary N) is 1. The third-order valence-electron chi connectivity index (χ3n) is 2.59. The van der Waals surface area contributed by atoms with Gasteiger partial charge in [-0.15, -0.1) is 11.3 Å². The largest absolute Gasteiger partial charge is 0.323 e. The maximum absolute atomic E-state index is 6.18. The van der Waals surface area contributed by atoms with E-state index in [4.69, 9.17) is 5.73 Å². The first kappa shape index (κ1) is 10.9. The van der Waals surface area contributed by atoms with E-state index < -0.39 is 0 Å². The fraction of sp³-hybridized carbons (Fsp3) is 0.333. The van der Waals surface area contributed by atoms with Gasteiger partial charge < -0.3 is 5.73 Å². The second-order valence-corrected chi connectivity index (χ2v) is 5.90. The van der Waals surface area contributed by atoms with Crippen LogP contribution >= 0.6 is 22.7 Å². The lowest BCUT2D eigenvalue weighted by molar-refractivity contribution is 0.738. The van der Waals surface area contributed by atoms with Gasteiger partial charge in [0.1, 0.15) is 0 Å². The van der Waals surface area contributed by atoms with Crippen LogP contribution in [-0.2, 0) is 6.42 Å². The lowest BCUT2D eigenvalue weighted by atomic mass is 10.1. The SMILES string of the molecule is Cc1cc(C(N)Cc2ccsc2)sc1C. The van der Waals surface area contributed by atoms with Gasteiger partial charge in [-0.25, -0.2) is 0 Å². The van der Waals surface area contributed by atoms with E-state index in [1.54, 1.807) is 11.3 Å². The highest BCUT2D eigenvalue weighted by Gasteiger charge is 2.11. The van der Waals surface area contributed by atoms with Crippen LogP contribution in [0.15, 0.2) is 22.9 Å². The first-order valence-electron chi connectivity index (χ1n) is 5.00. The number of thiophene rings is 2. The van der Waals surface area contributed by atoms with Gasteiger partial charge in [0.05, 0.1) is 0 Å². The van der Waals surface area contributed by atoms with Crippen molar-refractivity contribution in [2.45, 2.75) is 26.3 Å². The number of hydrogen-bond acceptors (Lipinski definition) is 3. The van der Waals surface area contributed by atoms with Gasteiger partial charge in [-0.05, 0) is 54.3 Å². The highest BCUT2D eigenvalue weighted by molar-refractivity contribution is 7.12. The summed E-state index contributed by atoms with van der Waals surface area (Å²) >= 11 is 3.56. The van der Waals surface area contributed by atoms with Crippen molar-refractivity contribution < 1.29 is 0 Å². The molecule has 2 N–H and O–H groups in total. The van der Waals surface area contributed by atoms with E-state index in [0.29, 0.717) is 0 Å². The maximum Gasteiger partial charge on any atom is 0.0431 e. The van der Waals surface area contributed by atoms with Crippen LogP contribution in [0.5, 0.6) is 0 Å². The number of rotatable bonds is 3. The highest BCUT2D eigenvalue weighted by atomic mass is 32.1. The molecular formula is C12H15NS2. The summed E-state index contributed by atoms with van der Waals surface area (Å²) in [5.41, 5.74) is 8.88. The van der Waals surface area contributed by atoms with Gasteiger partial charge in [0.2, 0.25) is 0 Å². The fourth-order valence-corrected chi connectivity index (χ4v) is 3.27. The van der Waals surface area contributed by atoms with Crippen LogP contribution < -0.4 is 5.73 Å². The third-order valence-corrected chi connectivity index (χ3v) is 4.60. The summed E-state index contributed by atoms with van der Waals surface area (Å²) in [6.07, 6.45) is 0.947. The van der Waals surface area contributed by atoms with Crippen molar-refractivity contribution in [3.05, 3.63) is 43.8 Å². The normalized spacial score (nSPS) is 13.0. The molecule has 0 saturated carbocycles. The highest BCUT2D eigenvalue weighted by Crippen LogP contribution is 2.27. The first-order valence-corrected chi connectivity index (χ1v) is 6.76. The molecule has 0 aliphatic heterocycles. The summed E-state index contributed by atoms with van der Waals surface area (Å²) in [4.78, 5) is 2.68. The summed E-state index contributed by atoms with van der Waals surface area (Å²) in [5.74, 6) is 0. The van der Waals surface area contributed by atoms with E-state index in [2.05, 4.69) is 36.7 Å². The van der Waals surface area contributed by atoms with Crippen LogP contribution in [0.1, 0.15) is 26.9 Å². The monoisotopic (exact) mass is 237 g/mol. The molecule has 2 heterocycles. The van der Waals surface area contributed by atoms with Crippen LogP contribution in [-0.4, -0.2) is 0 Å². The van der Waals surface area contributed by atoms with Crippen LogP contribution in [0.2, 0.25) is 0 Å². The van der Waals surface area contributed by atoms with Crippen LogP contribution in [0.3, 0.4) is 0 Å². The minimum Gasteiger partial charge on any atom is -0.323 e. The standard InChI is InChI=1S/C12H15NS2/c1-8-5-12(15-9(8)2)11(13)6-10-3-4-14-7-10/h3-5,7,11H,6,13H2,1-2H3. The summed E-state index contributed by atoms with van der Waals surface area (Å²) < 4.78 is 0. The molecule has 1 unspecified atom stereocenters. The summed E-state index contributed by atoms with van der Waals surface area (Å²) in [7, 11) is 0. The molecular weight excluding hydrogens is 222 g/mol. The van der Waals surface area contributed by atoms with Crippen LogP contribution in [0.25, 0.3) is 0 Å². The van der Waals surface area contributed by atoms with Crippen molar-refractivity contribution in [2.75, 3.05) is 0 Å². The van der Waals surface area contributed by atoms with E-state index in [1.807, 2.05) is 11.3 Å². The predicted molar refractivity (Wildman–Crippen MR) is 68.7 cm³/mol. The van der Waals surface area contributed by atoms with E-state index in [-0.39, 0.29) is 6.04 Å². The molecule has 0 fully saturated rings. The van der Waals surface area contributed by atoms with Gasteiger partial charge in [0.25, 0.3) is 0 Å². The van der Waals surface area contributed by atoms with E-state index in [9.17, 15) is 0 Å². The molecule has 0 saturated heterocycles. The van der Waals surface area contributed by atoms with Crippen molar-refractivity contribution in [3.63, 3.8) is 0 Å². The molecule has 0 bridgehead atoms. The molecule has 1 nitrogen and oxygen atoms in total. The zero-order valence-corrected chi connectivity index (χ0v) is 10.6. The Morgan fingerprint density at radius 1 is 1.40 bits per heavy atom. The van der Waals surface area contributed by atoms with E-state index in [0.717, 1.165) is 6.42 Å². The van der Waals surface area contributed by atoms with Crippen molar-refractivity contribution in [3.8, 4) is 0 Å². The number of hydrogen-bond donors (Lipinski definition) is 1. The molecule has 0 aliphatic carbocycles. The van der Waals surface area contributed by atoms with Crippen LogP contribution in [0, 0.1) is 13.8 Å². The predicted octanol–water partition coefficient (Wildman–Crippen LogP) is 3.67. The molecule has 3 heteroatoms. The fourth-order valence-electron chi connectivity index (χ4n) is 1.55. The average molecular weight is 237 g/mol. The molecule has 0 aliphatic rings. The molecule has 15 heavy (non-hydrogen) atoms. The quantitative estimate of drug-likeness (QED) is 0.866. The second-order valence-electron chi connectivity index (χ2n) is 3.83. The molecule has 2 aromatic rings. The average Bonchev–Trinajstić information content (AvgIpc) is 2.78. The van der Waals surface area contributed by atoms with Gasteiger partial charge in [-0.2, -0.15) is 11.3 Å². The van der Waals surface area contributed by atoms with E-state index >= 15 is 0 Å². The molecule has 1 atom stereocenters. The van der Waals surface area contributed by atoms with Crippen molar-refractivity contribution in [1.29, 1.82) is 0 Å². The lowest BCUT2D eigenvalue weighted by Gasteiger charge is -2.07. The zero-order valence-electron chi connectivity index (χ0n) is 8.99. The Kier molecular flexibility index (Phi) is 3.24. The van der Waals surface area contributed by atoms with Gasteiger partial charge in [-0.3, -0.25) is 0 Å². The van der Waals surface area contributed by atoms with Crippen molar-refractivity contribution in [1.82, 2.24) is 0 Å². The summed E-state index contributed by atoms with van der Waals surface area (Å²) in [6.45, 7) is 4.30. The molecule has 2 rings (SSSR count). The molecule has 0 aromatic carbocycles. The Morgan fingerprint density at radius 2 is 2.20 bits per heavy atom. The summed E-state index contributed by atoms with van der Waals surface area (Å²) in [6, 6.07) is 4.52. The first-order chi connectivity index (χ1) is 7.16. The van der Waals surface area contributed by atoms with Gasteiger partial charge in [-0.1, -0.05) is 0 Å². The Balaban J connectivity index is 2.11. The van der Waals surface area contributed by atoms with Gasteiger partial charge in [0, 0.05) is 15.8 Å². The van der Waals surface area contributed by atoms with Gasteiger partial charge >= 0.3 is 0 Å². The van der Waals surface area contributed by atoms with E-state index in [1.165, 1.54) is 20.9 Å². The molecule has 2 aromatic heterocycles. The topological polar surface area (TPSA) is 26.0 Å². The van der Waals surface area contributed by atoms with Crippen LogP contribution in [0.4, 0.5) is 0 Å². The minimum absolute atomic E-state index is 0.150. The zero-order chi connectivity index (χ0) is 10.8.